The molecule has 0 radical (unpaired) electrons. The van der Waals surface area contributed by atoms with E-state index < -0.39 is 0 Å². The summed E-state index contributed by atoms with van der Waals surface area (Å²) in [5.41, 5.74) is 0.103. The summed E-state index contributed by atoms with van der Waals surface area (Å²) in [5.74, 6) is -0.0267. The second-order valence-corrected chi connectivity index (χ2v) is 3.72. The van der Waals surface area contributed by atoms with Gasteiger partial charge in [-0.2, -0.15) is 0 Å². The third-order valence-electron chi connectivity index (χ3n) is 2.70. The van der Waals surface area contributed by atoms with Crippen LogP contribution in [-0.4, -0.2) is 12.1 Å². The molecule has 2 aliphatic rings. The molecule has 1 fully saturated rings. The Hall–Kier alpha value is -0.790. The fourth-order valence-corrected chi connectivity index (χ4v) is 1.89. The van der Waals surface area contributed by atoms with Gasteiger partial charge in [0.1, 0.15) is 6.10 Å². The van der Waals surface area contributed by atoms with Gasteiger partial charge < -0.3 is 4.74 Å². The Bertz CT molecular complexity index is 220. The molecule has 1 saturated heterocycles. The fourth-order valence-electron chi connectivity index (χ4n) is 1.89. The van der Waals surface area contributed by atoms with Gasteiger partial charge in [0.25, 0.3) is 0 Å². The third-order valence-corrected chi connectivity index (χ3v) is 2.70. The van der Waals surface area contributed by atoms with E-state index in [9.17, 15) is 4.79 Å². The highest BCUT2D eigenvalue weighted by Crippen LogP contribution is 2.42. The number of fused-ring (bicyclic) bond motifs is 1. The summed E-state index contributed by atoms with van der Waals surface area (Å²) in [4.78, 5) is 11.0. The third kappa shape index (κ3) is 0.971. The topological polar surface area (TPSA) is 26.3 Å². The number of esters is 1. The molecule has 2 rings (SSSR count). The van der Waals surface area contributed by atoms with Crippen LogP contribution < -0.4 is 0 Å². The Morgan fingerprint density at radius 2 is 2.45 bits per heavy atom. The number of rotatable bonds is 0. The molecule has 0 spiro atoms. The molecule has 0 bridgehead atoms. The van der Waals surface area contributed by atoms with Gasteiger partial charge in [-0.05, 0) is 6.42 Å². The van der Waals surface area contributed by atoms with Gasteiger partial charge in [0.05, 0.1) is 6.42 Å². The summed E-state index contributed by atoms with van der Waals surface area (Å²) < 4.78 is 5.18. The quantitative estimate of drug-likeness (QED) is 0.390. The second kappa shape index (κ2) is 2.10. The molecule has 2 nitrogen and oxygen atoms in total. The molecule has 0 N–H and O–H groups in total. The lowest BCUT2D eigenvalue weighted by Gasteiger charge is -2.29. The lowest BCUT2D eigenvalue weighted by Crippen LogP contribution is -2.28. The van der Waals surface area contributed by atoms with Crippen LogP contribution in [0.25, 0.3) is 0 Å². The number of hydrogen-bond donors (Lipinski definition) is 0. The normalized spacial score (nSPS) is 41.9. The van der Waals surface area contributed by atoms with E-state index in [1.54, 1.807) is 0 Å². The van der Waals surface area contributed by atoms with E-state index in [0.29, 0.717) is 6.42 Å². The van der Waals surface area contributed by atoms with E-state index in [-0.39, 0.29) is 17.5 Å². The van der Waals surface area contributed by atoms with Crippen molar-refractivity contribution >= 4 is 5.97 Å². The summed E-state index contributed by atoms with van der Waals surface area (Å²) in [6.45, 7) is 2.13. The molecule has 2 unspecified atom stereocenters. The van der Waals surface area contributed by atoms with Crippen molar-refractivity contribution in [1.29, 1.82) is 0 Å². The number of ether oxygens (including phenoxy) is 1. The summed E-state index contributed by atoms with van der Waals surface area (Å²) >= 11 is 0. The largest absolute Gasteiger partial charge is 0.461 e. The van der Waals surface area contributed by atoms with Crippen LogP contribution in [0.4, 0.5) is 0 Å². The Morgan fingerprint density at radius 3 is 3.18 bits per heavy atom. The van der Waals surface area contributed by atoms with Gasteiger partial charge in [-0.25, -0.2) is 0 Å². The molecular weight excluding hydrogens is 140 g/mol. The minimum atomic E-state index is -0.0267. The molecule has 11 heavy (non-hydrogen) atoms. The average molecular weight is 152 g/mol. The van der Waals surface area contributed by atoms with Crippen LogP contribution in [-0.2, 0) is 9.53 Å². The molecule has 1 aliphatic heterocycles. The van der Waals surface area contributed by atoms with Crippen LogP contribution in [0.15, 0.2) is 12.2 Å². The Labute approximate surface area is 66.2 Å². The Kier molecular flexibility index (Phi) is 1.31. The van der Waals surface area contributed by atoms with Crippen molar-refractivity contribution in [3.8, 4) is 0 Å². The van der Waals surface area contributed by atoms with Gasteiger partial charge in [0.15, 0.2) is 0 Å². The highest BCUT2D eigenvalue weighted by atomic mass is 16.6. The van der Waals surface area contributed by atoms with Crippen LogP contribution >= 0.6 is 0 Å². The van der Waals surface area contributed by atoms with Gasteiger partial charge in [0.2, 0.25) is 0 Å². The zero-order valence-electron chi connectivity index (χ0n) is 6.67. The summed E-state index contributed by atoms with van der Waals surface area (Å²) in [5, 5.41) is 0. The maximum Gasteiger partial charge on any atom is 0.306 e. The molecule has 0 saturated carbocycles. The highest BCUT2D eigenvalue weighted by molar-refractivity contribution is 5.73. The van der Waals surface area contributed by atoms with Gasteiger partial charge >= 0.3 is 5.97 Å². The molecule has 2 atom stereocenters. The van der Waals surface area contributed by atoms with E-state index in [0.717, 1.165) is 12.8 Å². The van der Waals surface area contributed by atoms with Crippen molar-refractivity contribution in [3.05, 3.63) is 12.2 Å². The summed E-state index contributed by atoms with van der Waals surface area (Å²) in [6, 6.07) is 0. The van der Waals surface area contributed by atoms with E-state index in [1.165, 1.54) is 0 Å². The summed E-state index contributed by atoms with van der Waals surface area (Å²) in [6.07, 6.45) is 6.90. The predicted octanol–water partition coefficient (Wildman–Crippen LogP) is 1.66. The van der Waals surface area contributed by atoms with E-state index in [1.807, 2.05) is 0 Å². The second-order valence-electron chi connectivity index (χ2n) is 3.72. The van der Waals surface area contributed by atoms with Crippen molar-refractivity contribution < 1.29 is 9.53 Å². The maximum absolute atomic E-state index is 11.0. The first-order valence-electron chi connectivity index (χ1n) is 4.05. The molecule has 0 amide bonds. The van der Waals surface area contributed by atoms with Crippen molar-refractivity contribution in [2.45, 2.75) is 32.3 Å². The van der Waals surface area contributed by atoms with Crippen molar-refractivity contribution in [3.63, 3.8) is 0 Å². The molecule has 1 heterocycles. The van der Waals surface area contributed by atoms with Crippen LogP contribution in [0, 0.1) is 5.41 Å². The highest BCUT2D eigenvalue weighted by Gasteiger charge is 2.45. The van der Waals surface area contributed by atoms with E-state index >= 15 is 0 Å². The van der Waals surface area contributed by atoms with E-state index in [4.69, 9.17) is 4.74 Å². The van der Waals surface area contributed by atoms with Crippen LogP contribution in [0.1, 0.15) is 26.2 Å². The zero-order chi connectivity index (χ0) is 7.90. The minimum Gasteiger partial charge on any atom is -0.461 e. The van der Waals surface area contributed by atoms with Gasteiger partial charge in [-0.1, -0.05) is 19.1 Å². The summed E-state index contributed by atoms with van der Waals surface area (Å²) in [7, 11) is 0. The lowest BCUT2D eigenvalue weighted by atomic mass is 9.76. The van der Waals surface area contributed by atoms with Crippen molar-refractivity contribution in [2.24, 2.45) is 5.41 Å². The maximum atomic E-state index is 11.0. The average Bonchev–Trinajstić information content (AvgIpc) is 2.22. The molecular formula is C9H12O2. The molecule has 2 heteroatoms. The smallest absolute Gasteiger partial charge is 0.306 e. The first kappa shape index (κ1) is 6.89. The zero-order valence-corrected chi connectivity index (χ0v) is 6.67. The van der Waals surface area contributed by atoms with Crippen LogP contribution in [0.5, 0.6) is 0 Å². The number of hydrogen-bond acceptors (Lipinski definition) is 2. The number of carbonyl (C=O) groups is 1. The number of allylic oxidation sites excluding steroid dienone is 1. The van der Waals surface area contributed by atoms with E-state index in [2.05, 4.69) is 19.1 Å². The SMILES string of the molecule is CC12CC=CCC1OC(=O)C2. The Morgan fingerprint density at radius 1 is 1.64 bits per heavy atom. The lowest BCUT2D eigenvalue weighted by molar-refractivity contribution is -0.141. The van der Waals surface area contributed by atoms with Crippen molar-refractivity contribution in [2.75, 3.05) is 0 Å². The number of carbonyl (C=O) groups excluding carboxylic acids is 1. The molecule has 0 aromatic carbocycles. The monoisotopic (exact) mass is 152 g/mol. The van der Waals surface area contributed by atoms with Crippen LogP contribution in [0.3, 0.4) is 0 Å². The van der Waals surface area contributed by atoms with Crippen molar-refractivity contribution in [1.82, 2.24) is 0 Å². The van der Waals surface area contributed by atoms with Gasteiger partial charge in [-0.15, -0.1) is 0 Å². The van der Waals surface area contributed by atoms with Crippen LogP contribution in [0.2, 0.25) is 0 Å². The van der Waals surface area contributed by atoms with Gasteiger partial charge in [-0.3, -0.25) is 4.79 Å². The van der Waals surface area contributed by atoms with Gasteiger partial charge in [0, 0.05) is 11.8 Å². The Balaban J connectivity index is 2.24. The molecule has 60 valence electrons. The predicted molar refractivity (Wildman–Crippen MR) is 41.0 cm³/mol. The minimum absolute atomic E-state index is 0.0267. The molecule has 1 aliphatic carbocycles. The standard InChI is InChI=1S/C9H12O2/c1-9-5-3-2-4-7(9)11-8(10)6-9/h2-3,7H,4-6H2,1H3. The fraction of sp³-hybridized carbons (Fsp3) is 0.667. The molecule has 0 aromatic heterocycles. The molecule has 0 aromatic rings. The first-order valence-corrected chi connectivity index (χ1v) is 4.05. The first-order chi connectivity index (χ1) is 5.21.